The van der Waals surface area contributed by atoms with Crippen molar-refractivity contribution in [3.63, 3.8) is 0 Å². The zero-order chi connectivity index (χ0) is 13.7. The van der Waals surface area contributed by atoms with Gasteiger partial charge in [0.15, 0.2) is 0 Å². The minimum absolute atomic E-state index is 0.0323. The van der Waals surface area contributed by atoms with Crippen LogP contribution in [0.4, 0.5) is 4.39 Å². The smallest absolute Gasteiger partial charge is 0.242 e. The highest BCUT2D eigenvalue weighted by atomic mass is 32.2. The third-order valence-electron chi connectivity index (χ3n) is 2.65. The van der Waals surface area contributed by atoms with E-state index in [4.69, 9.17) is 0 Å². The first-order valence-corrected chi connectivity index (χ1v) is 7.90. The lowest BCUT2D eigenvalue weighted by Crippen LogP contribution is -2.26. The summed E-state index contributed by atoms with van der Waals surface area (Å²) in [6.45, 7) is 2.08. The largest absolute Gasteiger partial charge is 0.273 e. The Morgan fingerprint density at radius 1 is 1.42 bits per heavy atom. The first-order valence-electron chi connectivity index (χ1n) is 5.93. The molecule has 2 rings (SSSR count). The zero-order valence-corrected chi connectivity index (χ0v) is 12.2. The van der Waals surface area contributed by atoms with E-state index in [1.54, 1.807) is 12.1 Å². The van der Waals surface area contributed by atoms with Gasteiger partial charge in [0.2, 0.25) is 5.91 Å². The SMILES string of the molecule is CC1(CC(=O)N/N=C\c2ccc(F)cc2)SCCS1. The van der Waals surface area contributed by atoms with Gasteiger partial charge in [0, 0.05) is 11.5 Å². The van der Waals surface area contributed by atoms with Crippen molar-refractivity contribution in [2.75, 3.05) is 11.5 Å². The number of nitrogens with zero attached hydrogens (tertiary/aromatic N) is 1. The van der Waals surface area contributed by atoms with E-state index >= 15 is 0 Å². The molecule has 0 aliphatic carbocycles. The van der Waals surface area contributed by atoms with Crippen LogP contribution in [0.5, 0.6) is 0 Å². The Balaban J connectivity index is 1.81. The fraction of sp³-hybridized carbons (Fsp3) is 0.385. The highest BCUT2D eigenvalue weighted by Gasteiger charge is 2.32. The van der Waals surface area contributed by atoms with E-state index in [1.165, 1.54) is 18.3 Å². The van der Waals surface area contributed by atoms with Gasteiger partial charge in [-0.2, -0.15) is 5.10 Å². The van der Waals surface area contributed by atoms with Crippen LogP contribution in [0.15, 0.2) is 29.4 Å². The van der Waals surface area contributed by atoms with Crippen LogP contribution in [0.3, 0.4) is 0 Å². The van der Waals surface area contributed by atoms with Crippen LogP contribution in [-0.2, 0) is 4.79 Å². The molecular formula is C13H15FN2OS2. The lowest BCUT2D eigenvalue weighted by atomic mass is 10.2. The van der Waals surface area contributed by atoms with E-state index in [1.807, 2.05) is 23.5 Å². The molecule has 102 valence electrons. The summed E-state index contributed by atoms with van der Waals surface area (Å²) < 4.78 is 12.7. The van der Waals surface area contributed by atoms with Crippen molar-refractivity contribution in [3.05, 3.63) is 35.6 Å². The number of amides is 1. The molecule has 1 fully saturated rings. The summed E-state index contributed by atoms with van der Waals surface area (Å²) in [6, 6.07) is 5.93. The normalized spacial score (nSPS) is 17.8. The van der Waals surface area contributed by atoms with Gasteiger partial charge in [-0.3, -0.25) is 4.79 Å². The molecule has 0 spiro atoms. The summed E-state index contributed by atoms with van der Waals surface area (Å²) in [6.07, 6.45) is 1.96. The number of hydrazone groups is 1. The van der Waals surface area contributed by atoms with Crippen molar-refractivity contribution < 1.29 is 9.18 Å². The third kappa shape index (κ3) is 4.54. The van der Waals surface area contributed by atoms with Gasteiger partial charge in [0.05, 0.1) is 16.7 Å². The first-order chi connectivity index (χ1) is 9.07. The average molecular weight is 298 g/mol. The Hall–Kier alpha value is -1.01. The highest BCUT2D eigenvalue weighted by molar-refractivity contribution is 8.21. The number of nitrogens with one attached hydrogen (secondary N) is 1. The van der Waals surface area contributed by atoms with Crippen LogP contribution in [0.1, 0.15) is 18.9 Å². The van der Waals surface area contributed by atoms with E-state index in [0.29, 0.717) is 6.42 Å². The van der Waals surface area contributed by atoms with Gasteiger partial charge in [-0.05, 0) is 24.6 Å². The van der Waals surface area contributed by atoms with Gasteiger partial charge in [-0.1, -0.05) is 12.1 Å². The number of rotatable bonds is 4. The Morgan fingerprint density at radius 2 is 2.05 bits per heavy atom. The number of thioether (sulfide) groups is 2. The Morgan fingerprint density at radius 3 is 2.68 bits per heavy atom. The lowest BCUT2D eigenvalue weighted by molar-refractivity contribution is -0.121. The maximum absolute atomic E-state index is 12.7. The van der Waals surface area contributed by atoms with Crippen LogP contribution in [0, 0.1) is 5.82 Å². The molecule has 19 heavy (non-hydrogen) atoms. The molecule has 0 aromatic heterocycles. The summed E-state index contributed by atoms with van der Waals surface area (Å²) in [5.74, 6) is 1.80. The van der Waals surface area contributed by atoms with E-state index in [0.717, 1.165) is 17.1 Å². The van der Waals surface area contributed by atoms with Crippen LogP contribution >= 0.6 is 23.5 Å². The number of halogens is 1. The maximum Gasteiger partial charge on any atom is 0.242 e. The van der Waals surface area contributed by atoms with Gasteiger partial charge >= 0.3 is 0 Å². The van der Waals surface area contributed by atoms with Gasteiger partial charge < -0.3 is 0 Å². The second kappa shape index (κ2) is 6.43. The average Bonchev–Trinajstić information content (AvgIpc) is 2.78. The van der Waals surface area contributed by atoms with E-state index < -0.39 is 0 Å². The van der Waals surface area contributed by atoms with Gasteiger partial charge in [-0.15, -0.1) is 23.5 Å². The Labute approximate surface area is 120 Å². The topological polar surface area (TPSA) is 41.5 Å². The van der Waals surface area contributed by atoms with Crippen LogP contribution < -0.4 is 5.43 Å². The summed E-state index contributed by atoms with van der Waals surface area (Å²) in [5.41, 5.74) is 3.26. The number of benzene rings is 1. The summed E-state index contributed by atoms with van der Waals surface area (Å²) >= 11 is 3.63. The Bertz CT molecular complexity index is 470. The van der Waals surface area contributed by atoms with Crippen LogP contribution in [0.2, 0.25) is 0 Å². The molecular weight excluding hydrogens is 283 g/mol. The van der Waals surface area contributed by atoms with Crippen molar-refractivity contribution in [2.24, 2.45) is 5.10 Å². The standard InChI is InChI=1S/C13H15FN2OS2/c1-13(18-6-7-19-13)8-12(17)16-15-9-10-2-4-11(14)5-3-10/h2-5,9H,6-8H2,1H3,(H,16,17)/b15-9-. The molecule has 1 N–H and O–H groups in total. The fourth-order valence-electron chi connectivity index (χ4n) is 1.72. The van der Waals surface area contributed by atoms with Crippen molar-refractivity contribution in [2.45, 2.75) is 17.4 Å². The van der Waals surface area contributed by atoms with E-state index in [2.05, 4.69) is 17.5 Å². The molecule has 6 heteroatoms. The number of hydrogen-bond acceptors (Lipinski definition) is 4. The molecule has 1 aromatic carbocycles. The molecule has 1 saturated heterocycles. The highest BCUT2D eigenvalue weighted by Crippen LogP contribution is 2.45. The zero-order valence-electron chi connectivity index (χ0n) is 10.6. The molecule has 0 atom stereocenters. The molecule has 0 saturated carbocycles. The summed E-state index contributed by atoms with van der Waals surface area (Å²) in [7, 11) is 0. The molecule has 0 radical (unpaired) electrons. The predicted octanol–water partition coefficient (Wildman–Crippen LogP) is 2.86. The monoisotopic (exact) mass is 298 g/mol. The number of hydrogen-bond donors (Lipinski definition) is 1. The van der Waals surface area contributed by atoms with Crippen molar-refractivity contribution >= 4 is 35.6 Å². The molecule has 1 aromatic rings. The molecule has 1 aliphatic heterocycles. The summed E-state index contributed by atoms with van der Waals surface area (Å²) in [4.78, 5) is 11.7. The molecule has 0 unspecified atom stereocenters. The quantitative estimate of drug-likeness (QED) is 0.686. The minimum atomic E-state index is -0.288. The third-order valence-corrected chi connectivity index (χ3v) is 5.94. The van der Waals surface area contributed by atoms with Crippen LogP contribution in [0.25, 0.3) is 0 Å². The predicted molar refractivity (Wildman–Crippen MR) is 80.1 cm³/mol. The van der Waals surface area contributed by atoms with E-state index in [-0.39, 0.29) is 15.8 Å². The van der Waals surface area contributed by atoms with Gasteiger partial charge in [-0.25, -0.2) is 9.82 Å². The summed E-state index contributed by atoms with van der Waals surface area (Å²) in [5, 5.41) is 3.88. The molecule has 0 bridgehead atoms. The first kappa shape index (κ1) is 14.4. The van der Waals surface area contributed by atoms with Gasteiger partial charge in [0.1, 0.15) is 5.82 Å². The number of carbonyl (C=O) groups excluding carboxylic acids is 1. The lowest BCUT2D eigenvalue weighted by Gasteiger charge is -2.19. The second-order valence-corrected chi connectivity index (χ2v) is 7.81. The van der Waals surface area contributed by atoms with Gasteiger partial charge in [0.25, 0.3) is 0 Å². The van der Waals surface area contributed by atoms with Crippen molar-refractivity contribution in [3.8, 4) is 0 Å². The molecule has 1 aliphatic rings. The molecule has 1 heterocycles. The fourth-order valence-corrected chi connectivity index (χ4v) is 4.55. The second-order valence-electron chi connectivity index (χ2n) is 4.35. The van der Waals surface area contributed by atoms with Crippen LogP contribution in [-0.4, -0.2) is 27.7 Å². The van der Waals surface area contributed by atoms with Crippen molar-refractivity contribution in [1.82, 2.24) is 5.43 Å². The number of carbonyl (C=O) groups is 1. The van der Waals surface area contributed by atoms with Crippen molar-refractivity contribution in [1.29, 1.82) is 0 Å². The minimum Gasteiger partial charge on any atom is -0.273 e. The Kier molecular flexibility index (Phi) is 4.87. The maximum atomic E-state index is 12.7. The molecule has 1 amide bonds. The van der Waals surface area contributed by atoms with E-state index in [9.17, 15) is 9.18 Å². The molecule has 3 nitrogen and oxygen atoms in total.